The minimum atomic E-state index is -1.61. The second-order valence-electron chi connectivity index (χ2n) is 11.3. The molecule has 2 atom stereocenters. The van der Waals surface area contributed by atoms with E-state index in [0.717, 1.165) is 12.5 Å². The van der Waals surface area contributed by atoms with E-state index in [-0.39, 0.29) is 30.6 Å². The van der Waals surface area contributed by atoms with E-state index in [9.17, 15) is 24.0 Å². The van der Waals surface area contributed by atoms with Crippen molar-refractivity contribution in [2.75, 3.05) is 34.0 Å². The van der Waals surface area contributed by atoms with E-state index in [1.54, 1.807) is 45.0 Å². The van der Waals surface area contributed by atoms with Gasteiger partial charge in [0.1, 0.15) is 17.7 Å². The van der Waals surface area contributed by atoms with Crippen molar-refractivity contribution in [3.8, 4) is 0 Å². The molecule has 5 rings (SSSR count). The van der Waals surface area contributed by atoms with Gasteiger partial charge in [-0.05, 0) is 63.1 Å². The number of anilines is 4. The van der Waals surface area contributed by atoms with Crippen LogP contribution in [0.1, 0.15) is 39.7 Å². The summed E-state index contributed by atoms with van der Waals surface area (Å²) in [6.07, 6.45) is -1.49. The molecule has 3 heterocycles. The predicted octanol–water partition coefficient (Wildman–Crippen LogP) is 3.16. The second kappa shape index (κ2) is 12.2. The molecule has 14 nitrogen and oxygen atoms in total. The Kier molecular flexibility index (Phi) is 8.45. The molecule has 3 N–H and O–H groups in total. The van der Waals surface area contributed by atoms with Crippen LogP contribution in [-0.2, 0) is 39.8 Å². The first kappa shape index (κ1) is 30.4. The van der Waals surface area contributed by atoms with E-state index in [4.69, 9.17) is 14.2 Å². The van der Waals surface area contributed by atoms with E-state index < -0.39 is 41.7 Å². The molecular formula is C30H32N6O8. The zero-order valence-electron chi connectivity index (χ0n) is 24.6. The number of carbonyl (C=O) groups is 5. The number of aromatic nitrogens is 2. The zero-order chi connectivity index (χ0) is 31.6. The lowest BCUT2D eigenvalue weighted by atomic mass is 10.0. The molecule has 0 aliphatic carbocycles. The van der Waals surface area contributed by atoms with Crippen molar-refractivity contribution in [3.63, 3.8) is 0 Å². The maximum atomic E-state index is 13.6. The third-order valence-corrected chi connectivity index (χ3v) is 6.77. The fraction of sp³-hybridized carbons (Fsp3) is 0.367. The van der Waals surface area contributed by atoms with Gasteiger partial charge in [-0.25, -0.2) is 14.8 Å². The second-order valence-corrected chi connectivity index (χ2v) is 11.3. The lowest BCUT2D eigenvalue weighted by Crippen LogP contribution is -2.56. The van der Waals surface area contributed by atoms with Crippen LogP contribution in [-0.4, -0.2) is 70.7 Å². The first-order chi connectivity index (χ1) is 20.9. The van der Waals surface area contributed by atoms with Gasteiger partial charge in [-0.15, -0.1) is 0 Å². The Morgan fingerprint density at radius 3 is 2.61 bits per heavy atom. The molecule has 3 aromatic rings. The number of nitrogens with zero attached hydrogens (tertiary/aromatic N) is 3. The molecule has 2 aliphatic rings. The molecule has 2 aromatic carbocycles. The van der Waals surface area contributed by atoms with Crippen LogP contribution in [0.2, 0.25) is 0 Å². The number of hydrogen-bond acceptors (Lipinski definition) is 10. The summed E-state index contributed by atoms with van der Waals surface area (Å²) in [7, 11) is 0. The van der Waals surface area contributed by atoms with Gasteiger partial charge in [-0.1, -0.05) is 6.07 Å². The summed E-state index contributed by atoms with van der Waals surface area (Å²) in [5.74, 6) is -2.05. The lowest BCUT2D eigenvalue weighted by Gasteiger charge is -2.35. The highest BCUT2D eigenvalue weighted by Crippen LogP contribution is 2.30. The van der Waals surface area contributed by atoms with Crippen LogP contribution in [0.25, 0.3) is 10.9 Å². The van der Waals surface area contributed by atoms with Crippen LogP contribution >= 0.6 is 0 Å². The standard InChI is InChI=1S/C30H32N6O8/c1-16(37)43-24(25-28(40)36(11-12-42-25)19-8-5-17-6-10-23(38)34-21(17)14-19)27(39)33-18-7-9-20-22(13-18)31-15-32-26(20)35-29(41)44-30(2,3)4/h5,7-9,13-15,24-25H,6,10-12H2,1-4H3,(H,33,39)(H,34,38)(H,31,32,35,41)/t24-,25-/m1/s1. The Morgan fingerprint density at radius 1 is 1.07 bits per heavy atom. The van der Waals surface area contributed by atoms with Crippen molar-refractivity contribution in [2.45, 2.75) is 58.3 Å². The summed E-state index contributed by atoms with van der Waals surface area (Å²) in [5.41, 5.74) is 2.05. The molecule has 1 fully saturated rings. The molecule has 1 saturated heterocycles. The first-order valence-electron chi connectivity index (χ1n) is 14.0. The summed E-state index contributed by atoms with van der Waals surface area (Å²) in [4.78, 5) is 73.0. The number of fused-ring (bicyclic) bond motifs is 2. The van der Waals surface area contributed by atoms with E-state index in [0.29, 0.717) is 35.1 Å². The fourth-order valence-corrected chi connectivity index (χ4v) is 4.89. The molecule has 44 heavy (non-hydrogen) atoms. The Morgan fingerprint density at radius 2 is 1.86 bits per heavy atom. The van der Waals surface area contributed by atoms with Gasteiger partial charge in [0.25, 0.3) is 11.8 Å². The van der Waals surface area contributed by atoms with Crippen molar-refractivity contribution < 1.29 is 38.2 Å². The predicted molar refractivity (Wildman–Crippen MR) is 159 cm³/mol. The fourth-order valence-electron chi connectivity index (χ4n) is 4.89. The highest BCUT2D eigenvalue weighted by atomic mass is 16.6. The number of hydrogen-bond donors (Lipinski definition) is 3. The Hall–Kier alpha value is -5.11. The van der Waals surface area contributed by atoms with Crippen LogP contribution in [0.15, 0.2) is 42.7 Å². The summed E-state index contributed by atoms with van der Waals surface area (Å²) >= 11 is 0. The highest BCUT2D eigenvalue weighted by molar-refractivity contribution is 6.06. The minimum absolute atomic E-state index is 0.0746. The molecule has 0 unspecified atom stereocenters. The van der Waals surface area contributed by atoms with Crippen LogP contribution in [0.3, 0.4) is 0 Å². The Bertz CT molecular complexity index is 1650. The molecule has 14 heteroatoms. The number of nitrogens with one attached hydrogen (secondary N) is 3. The van der Waals surface area contributed by atoms with Gasteiger partial charge in [-0.3, -0.25) is 24.5 Å². The summed E-state index contributed by atoms with van der Waals surface area (Å²) < 4.78 is 16.3. The molecule has 0 radical (unpaired) electrons. The molecule has 230 valence electrons. The van der Waals surface area contributed by atoms with Gasteiger partial charge in [0.15, 0.2) is 6.10 Å². The van der Waals surface area contributed by atoms with Crippen molar-refractivity contribution in [2.24, 2.45) is 0 Å². The molecule has 0 spiro atoms. The molecule has 0 bridgehead atoms. The molecule has 4 amide bonds. The van der Waals surface area contributed by atoms with Crippen LogP contribution in [0, 0.1) is 0 Å². The zero-order valence-corrected chi connectivity index (χ0v) is 24.6. The number of amides is 4. The summed E-state index contributed by atoms with van der Waals surface area (Å²) in [6.45, 7) is 6.61. The molecule has 0 saturated carbocycles. The highest BCUT2D eigenvalue weighted by Gasteiger charge is 2.43. The number of carbonyl (C=O) groups excluding carboxylic acids is 5. The Balaban J connectivity index is 1.34. The van der Waals surface area contributed by atoms with Crippen LogP contribution < -0.4 is 20.9 Å². The average molecular weight is 605 g/mol. The van der Waals surface area contributed by atoms with Crippen LogP contribution in [0.4, 0.5) is 27.7 Å². The lowest BCUT2D eigenvalue weighted by molar-refractivity contribution is -0.167. The SMILES string of the molecule is CC(=O)O[C@@H](C(=O)Nc1ccc2c(NC(=O)OC(C)(C)C)ncnc2c1)[C@H]1OCCN(c2ccc3c(c2)NC(=O)CC3)C1=O. The van der Waals surface area contributed by atoms with Gasteiger partial charge in [0.05, 0.1) is 12.1 Å². The average Bonchev–Trinajstić information content (AvgIpc) is 2.94. The number of benzene rings is 2. The third kappa shape index (κ3) is 6.92. The topological polar surface area (TPSA) is 178 Å². The number of ether oxygens (including phenoxy) is 3. The van der Waals surface area contributed by atoms with Gasteiger partial charge in [0, 0.05) is 42.3 Å². The first-order valence-corrected chi connectivity index (χ1v) is 14.0. The van der Waals surface area contributed by atoms with Gasteiger partial charge < -0.3 is 29.7 Å². The normalized spacial score (nSPS) is 17.3. The quantitative estimate of drug-likeness (QED) is 0.354. The number of morpholine rings is 1. The summed E-state index contributed by atoms with van der Waals surface area (Å²) in [5, 5.41) is 8.55. The third-order valence-electron chi connectivity index (χ3n) is 6.77. The number of rotatable bonds is 6. The molecular weight excluding hydrogens is 572 g/mol. The van der Waals surface area contributed by atoms with Crippen molar-refractivity contribution in [1.29, 1.82) is 0 Å². The minimum Gasteiger partial charge on any atom is -0.449 e. The van der Waals surface area contributed by atoms with Crippen LogP contribution in [0.5, 0.6) is 0 Å². The van der Waals surface area contributed by atoms with Crippen molar-refractivity contribution in [1.82, 2.24) is 9.97 Å². The van der Waals surface area contributed by atoms with Gasteiger partial charge in [0.2, 0.25) is 12.0 Å². The Labute approximate surface area is 252 Å². The van der Waals surface area contributed by atoms with E-state index in [2.05, 4.69) is 25.9 Å². The largest absolute Gasteiger partial charge is 0.449 e. The smallest absolute Gasteiger partial charge is 0.413 e. The maximum Gasteiger partial charge on any atom is 0.413 e. The van der Waals surface area contributed by atoms with E-state index >= 15 is 0 Å². The van der Waals surface area contributed by atoms with E-state index in [1.165, 1.54) is 17.3 Å². The van der Waals surface area contributed by atoms with Gasteiger partial charge in [-0.2, -0.15) is 0 Å². The summed E-state index contributed by atoms with van der Waals surface area (Å²) in [6, 6.07) is 9.99. The molecule has 2 aliphatic heterocycles. The van der Waals surface area contributed by atoms with Crippen molar-refractivity contribution >= 4 is 63.6 Å². The monoisotopic (exact) mass is 604 g/mol. The van der Waals surface area contributed by atoms with Gasteiger partial charge >= 0.3 is 12.1 Å². The number of esters is 1. The molecule has 1 aromatic heterocycles. The van der Waals surface area contributed by atoms with Crippen molar-refractivity contribution in [3.05, 3.63) is 48.3 Å². The van der Waals surface area contributed by atoms with E-state index in [1.807, 2.05) is 6.07 Å². The number of aryl methyl sites for hydroxylation is 1. The maximum absolute atomic E-state index is 13.6.